The maximum atomic E-state index is 12.3. The van der Waals surface area contributed by atoms with Crippen molar-refractivity contribution in [3.8, 4) is 0 Å². The first kappa shape index (κ1) is 15.5. The number of methoxy groups -OCH3 is 1. The van der Waals surface area contributed by atoms with Gasteiger partial charge in [-0.05, 0) is 12.1 Å². The molecule has 23 heavy (non-hydrogen) atoms. The second-order valence-corrected chi connectivity index (χ2v) is 5.61. The number of nitrogens with zero attached hydrogens (tertiary/aromatic N) is 3. The number of rotatable bonds is 3. The molecule has 0 radical (unpaired) electrons. The van der Waals surface area contributed by atoms with E-state index in [0.717, 1.165) is 0 Å². The maximum absolute atomic E-state index is 12.3. The quantitative estimate of drug-likeness (QED) is 0.766. The van der Waals surface area contributed by atoms with E-state index in [4.69, 9.17) is 4.74 Å². The van der Waals surface area contributed by atoms with E-state index in [0.29, 0.717) is 50.4 Å². The zero-order chi connectivity index (χ0) is 16.4. The Morgan fingerprint density at radius 2 is 1.57 bits per heavy atom. The van der Waals surface area contributed by atoms with Crippen molar-refractivity contribution in [2.24, 2.45) is 0 Å². The summed E-state index contributed by atoms with van der Waals surface area (Å²) in [4.78, 5) is 41.1. The number of benzene rings is 1. The van der Waals surface area contributed by atoms with Crippen molar-refractivity contribution in [2.75, 3.05) is 46.4 Å². The normalized spacial score (nSPS) is 18.3. The molecule has 1 saturated heterocycles. The molecule has 0 saturated carbocycles. The molecule has 0 aromatic heterocycles. The van der Waals surface area contributed by atoms with Gasteiger partial charge in [-0.25, -0.2) is 4.79 Å². The third-order valence-electron chi connectivity index (χ3n) is 4.32. The molecule has 0 bridgehead atoms. The Hall–Kier alpha value is -2.41. The first-order valence-electron chi connectivity index (χ1n) is 7.62. The molecule has 3 amide bonds. The highest BCUT2D eigenvalue weighted by Crippen LogP contribution is 2.22. The number of ether oxygens (including phenoxy) is 1. The van der Waals surface area contributed by atoms with Crippen molar-refractivity contribution in [2.45, 2.75) is 0 Å². The average molecular weight is 317 g/mol. The standard InChI is InChI=1S/C16H19N3O4/c1-23-16(22)18-9-6-17(7-10-18)8-11-19-14(20)12-4-2-3-5-13(12)15(19)21/h2-5H,6-11H2,1H3. The van der Waals surface area contributed by atoms with Gasteiger partial charge in [0.05, 0.1) is 18.2 Å². The van der Waals surface area contributed by atoms with Crippen LogP contribution in [-0.4, -0.2) is 79.0 Å². The summed E-state index contributed by atoms with van der Waals surface area (Å²) in [5.41, 5.74) is 0.959. The lowest BCUT2D eigenvalue weighted by molar-refractivity contribution is 0.0610. The van der Waals surface area contributed by atoms with Gasteiger partial charge >= 0.3 is 6.09 Å². The van der Waals surface area contributed by atoms with Crippen LogP contribution in [0.2, 0.25) is 0 Å². The predicted molar refractivity (Wildman–Crippen MR) is 82.2 cm³/mol. The van der Waals surface area contributed by atoms with Gasteiger partial charge in [0.2, 0.25) is 0 Å². The van der Waals surface area contributed by atoms with Crippen LogP contribution in [0.15, 0.2) is 24.3 Å². The van der Waals surface area contributed by atoms with Gasteiger partial charge in [-0.1, -0.05) is 12.1 Å². The van der Waals surface area contributed by atoms with E-state index in [1.54, 1.807) is 29.2 Å². The molecule has 7 nitrogen and oxygen atoms in total. The fourth-order valence-electron chi connectivity index (χ4n) is 2.97. The lowest BCUT2D eigenvalue weighted by Gasteiger charge is -2.34. The van der Waals surface area contributed by atoms with E-state index in [9.17, 15) is 14.4 Å². The van der Waals surface area contributed by atoms with Crippen LogP contribution >= 0.6 is 0 Å². The van der Waals surface area contributed by atoms with Gasteiger partial charge in [-0.3, -0.25) is 19.4 Å². The molecule has 0 N–H and O–H groups in total. The number of piperazine rings is 1. The first-order chi connectivity index (χ1) is 11.1. The average Bonchev–Trinajstić information content (AvgIpc) is 2.84. The Labute approximate surface area is 134 Å². The SMILES string of the molecule is COC(=O)N1CCN(CCN2C(=O)c3ccccc3C2=O)CC1. The zero-order valence-corrected chi connectivity index (χ0v) is 13.0. The van der Waals surface area contributed by atoms with E-state index in [-0.39, 0.29) is 17.9 Å². The summed E-state index contributed by atoms with van der Waals surface area (Å²) in [7, 11) is 1.37. The van der Waals surface area contributed by atoms with Gasteiger partial charge in [0.25, 0.3) is 11.8 Å². The number of carbonyl (C=O) groups is 3. The van der Waals surface area contributed by atoms with Crippen molar-refractivity contribution in [3.05, 3.63) is 35.4 Å². The van der Waals surface area contributed by atoms with E-state index in [2.05, 4.69) is 4.90 Å². The fourth-order valence-corrected chi connectivity index (χ4v) is 2.97. The highest BCUT2D eigenvalue weighted by Gasteiger charge is 2.35. The van der Waals surface area contributed by atoms with Crippen molar-refractivity contribution >= 4 is 17.9 Å². The number of fused-ring (bicyclic) bond motifs is 1. The minimum atomic E-state index is -0.315. The lowest BCUT2D eigenvalue weighted by Crippen LogP contribution is -2.50. The number of imide groups is 1. The largest absolute Gasteiger partial charge is 0.453 e. The van der Waals surface area contributed by atoms with Crippen LogP contribution in [-0.2, 0) is 4.74 Å². The Morgan fingerprint density at radius 1 is 1.00 bits per heavy atom. The molecule has 2 aliphatic rings. The monoisotopic (exact) mass is 317 g/mol. The van der Waals surface area contributed by atoms with Gasteiger partial charge in [-0.15, -0.1) is 0 Å². The Kier molecular flexibility index (Phi) is 4.29. The van der Waals surface area contributed by atoms with E-state index in [1.165, 1.54) is 12.0 Å². The van der Waals surface area contributed by atoms with E-state index in [1.807, 2.05) is 0 Å². The van der Waals surface area contributed by atoms with Crippen molar-refractivity contribution in [3.63, 3.8) is 0 Å². The zero-order valence-electron chi connectivity index (χ0n) is 13.0. The summed E-state index contributed by atoms with van der Waals surface area (Å²) in [5, 5.41) is 0. The highest BCUT2D eigenvalue weighted by atomic mass is 16.5. The summed E-state index contributed by atoms with van der Waals surface area (Å²) in [6, 6.07) is 6.90. The summed E-state index contributed by atoms with van der Waals surface area (Å²) < 4.78 is 4.70. The Balaban J connectivity index is 1.54. The smallest absolute Gasteiger partial charge is 0.409 e. The molecule has 122 valence electrons. The van der Waals surface area contributed by atoms with Crippen LogP contribution in [0.3, 0.4) is 0 Å². The summed E-state index contributed by atoms with van der Waals surface area (Å²) in [6.07, 6.45) is -0.315. The van der Waals surface area contributed by atoms with Crippen molar-refractivity contribution in [1.82, 2.24) is 14.7 Å². The second-order valence-electron chi connectivity index (χ2n) is 5.61. The molecular weight excluding hydrogens is 298 g/mol. The Bertz CT molecular complexity index is 603. The van der Waals surface area contributed by atoms with E-state index < -0.39 is 0 Å². The second kappa shape index (κ2) is 6.37. The summed E-state index contributed by atoms with van der Waals surface area (Å²) in [5.74, 6) is -0.447. The summed E-state index contributed by atoms with van der Waals surface area (Å²) in [6.45, 7) is 3.57. The van der Waals surface area contributed by atoms with Gasteiger partial charge in [0.1, 0.15) is 0 Å². The fraction of sp³-hybridized carbons (Fsp3) is 0.438. The third kappa shape index (κ3) is 2.92. The van der Waals surface area contributed by atoms with Gasteiger partial charge < -0.3 is 9.64 Å². The predicted octanol–water partition coefficient (Wildman–Crippen LogP) is 0.667. The molecule has 3 rings (SSSR count). The molecular formula is C16H19N3O4. The topological polar surface area (TPSA) is 70.2 Å². The van der Waals surface area contributed by atoms with Crippen LogP contribution in [0.4, 0.5) is 4.79 Å². The minimum Gasteiger partial charge on any atom is -0.453 e. The summed E-state index contributed by atoms with van der Waals surface area (Å²) >= 11 is 0. The molecule has 0 spiro atoms. The Morgan fingerprint density at radius 3 is 2.09 bits per heavy atom. The van der Waals surface area contributed by atoms with Crippen LogP contribution in [0, 0.1) is 0 Å². The van der Waals surface area contributed by atoms with Crippen LogP contribution in [0.5, 0.6) is 0 Å². The van der Waals surface area contributed by atoms with Crippen LogP contribution < -0.4 is 0 Å². The molecule has 0 aliphatic carbocycles. The number of hydrogen-bond acceptors (Lipinski definition) is 5. The molecule has 0 unspecified atom stereocenters. The molecule has 0 atom stereocenters. The maximum Gasteiger partial charge on any atom is 0.409 e. The molecule has 2 aliphatic heterocycles. The minimum absolute atomic E-state index is 0.223. The molecule has 2 heterocycles. The lowest BCUT2D eigenvalue weighted by atomic mass is 10.1. The number of carbonyl (C=O) groups excluding carboxylic acids is 3. The third-order valence-corrected chi connectivity index (χ3v) is 4.32. The van der Waals surface area contributed by atoms with Crippen LogP contribution in [0.1, 0.15) is 20.7 Å². The van der Waals surface area contributed by atoms with Crippen molar-refractivity contribution in [1.29, 1.82) is 0 Å². The van der Waals surface area contributed by atoms with Gasteiger partial charge in [-0.2, -0.15) is 0 Å². The van der Waals surface area contributed by atoms with Gasteiger partial charge in [0, 0.05) is 39.3 Å². The van der Waals surface area contributed by atoms with Crippen molar-refractivity contribution < 1.29 is 19.1 Å². The number of amides is 3. The molecule has 1 fully saturated rings. The molecule has 1 aromatic rings. The molecule has 1 aromatic carbocycles. The first-order valence-corrected chi connectivity index (χ1v) is 7.62. The van der Waals surface area contributed by atoms with Crippen LogP contribution in [0.25, 0.3) is 0 Å². The number of hydrogen-bond donors (Lipinski definition) is 0. The van der Waals surface area contributed by atoms with Gasteiger partial charge in [0.15, 0.2) is 0 Å². The van der Waals surface area contributed by atoms with E-state index >= 15 is 0 Å². The highest BCUT2D eigenvalue weighted by molar-refractivity contribution is 6.21. The molecule has 7 heteroatoms.